The molecule has 3 atom stereocenters. The third-order valence-corrected chi connectivity index (χ3v) is 4.74. The van der Waals surface area contributed by atoms with Gasteiger partial charge in [-0.3, -0.25) is 10.1 Å². The van der Waals surface area contributed by atoms with E-state index in [9.17, 15) is 18.0 Å². The first-order valence-corrected chi connectivity index (χ1v) is 8.54. The summed E-state index contributed by atoms with van der Waals surface area (Å²) < 4.78 is 40.0. The number of nitrogens with one attached hydrogen (secondary N) is 5. The fourth-order valence-electron chi connectivity index (χ4n) is 3.45. The lowest BCUT2D eigenvalue weighted by atomic mass is 9.98. The van der Waals surface area contributed by atoms with Gasteiger partial charge in [0.25, 0.3) is 0 Å². The molecule has 1 amide bonds. The molecule has 3 heterocycles. The Morgan fingerprint density at radius 3 is 2.78 bits per heavy atom. The number of rotatable bonds is 3. The highest BCUT2D eigenvalue weighted by atomic mass is 19.4. The Morgan fingerprint density at radius 1 is 1.22 bits per heavy atom. The van der Waals surface area contributed by atoms with Gasteiger partial charge in [0.1, 0.15) is 6.04 Å². The number of hydrogen-bond donors (Lipinski definition) is 5. The van der Waals surface area contributed by atoms with Crippen LogP contribution in [0, 0.1) is 0 Å². The Bertz CT molecular complexity index is 793. The molecule has 3 aliphatic rings. The summed E-state index contributed by atoms with van der Waals surface area (Å²) in [5.41, 5.74) is 8.85. The molecular formula is C17H19F3N6O. The SMILES string of the molecule is O=C(NC1=CNNC1)C1CNC2C=CC(c3ccccc3C(F)(F)F)NN21. The molecule has 4 rings (SSSR count). The van der Waals surface area contributed by atoms with E-state index in [1.807, 2.05) is 0 Å². The summed E-state index contributed by atoms with van der Waals surface area (Å²) in [7, 11) is 0. The standard InChI is InChI=1S/C17H19F3N6O/c18-17(19,20)12-4-2-1-3-11(12)13-5-6-15-21-9-14(26(15)25-13)16(27)24-10-7-22-23-8-10/h1-7,13-15,21-23,25H,8-9H2,(H,24,27). The van der Waals surface area contributed by atoms with E-state index in [0.29, 0.717) is 18.8 Å². The molecule has 0 spiro atoms. The van der Waals surface area contributed by atoms with Gasteiger partial charge < -0.3 is 10.7 Å². The van der Waals surface area contributed by atoms with Gasteiger partial charge in [-0.2, -0.15) is 13.2 Å². The maximum atomic E-state index is 13.3. The number of fused-ring (bicyclic) bond motifs is 1. The van der Waals surface area contributed by atoms with Gasteiger partial charge in [-0.15, -0.1) is 0 Å². The molecule has 1 aromatic carbocycles. The van der Waals surface area contributed by atoms with Crippen LogP contribution in [0.5, 0.6) is 0 Å². The molecule has 27 heavy (non-hydrogen) atoms. The summed E-state index contributed by atoms with van der Waals surface area (Å²) in [6.07, 6.45) is 0.414. The normalized spacial score (nSPS) is 27.8. The van der Waals surface area contributed by atoms with E-state index in [-0.39, 0.29) is 17.6 Å². The Balaban J connectivity index is 1.53. The molecule has 5 N–H and O–H groups in total. The van der Waals surface area contributed by atoms with Gasteiger partial charge in [0.2, 0.25) is 5.91 Å². The molecule has 10 heteroatoms. The van der Waals surface area contributed by atoms with Crippen molar-refractivity contribution < 1.29 is 18.0 Å². The molecule has 144 valence electrons. The highest BCUT2D eigenvalue weighted by Crippen LogP contribution is 2.36. The van der Waals surface area contributed by atoms with Crippen LogP contribution >= 0.6 is 0 Å². The van der Waals surface area contributed by atoms with E-state index < -0.39 is 23.8 Å². The van der Waals surface area contributed by atoms with E-state index in [1.165, 1.54) is 12.1 Å². The van der Waals surface area contributed by atoms with Crippen LogP contribution in [-0.2, 0) is 11.0 Å². The van der Waals surface area contributed by atoms with Gasteiger partial charge in [0, 0.05) is 12.7 Å². The van der Waals surface area contributed by atoms with Crippen molar-refractivity contribution in [2.24, 2.45) is 0 Å². The van der Waals surface area contributed by atoms with Crippen molar-refractivity contribution in [3.8, 4) is 0 Å². The lowest BCUT2D eigenvalue weighted by molar-refractivity contribution is -0.138. The van der Waals surface area contributed by atoms with Gasteiger partial charge in [-0.25, -0.2) is 15.9 Å². The van der Waals surface area contributed by atoms with Crippen LogP contribution in [-0.4, -0.2) is 36.2 Å². The van der Waals surface area contributed by atoms with Crippen molar-refractivity contribution in [1.82, 2.24) is 31.9 Å². The highest BCUT2D eigenvalue weighted by Gasteiger charge is 2.41. The largest absolute Gasteiger partial charge is 0.416 e. The maximum absolute atomic E-state index is 13.3. The van der Waals surface area contributed by atoms with E-state index >= 15 is 0 Å². The first-order chi connectivity index (χ1) is 12.9. The number of nitrogens with zero attached hydrogens (tertiary/aromatic N) is 1. The smallest absolute Gasteiger partial charge is 0.327 e. The van der Waals surface area contributed by atoms with Crippen molar-refractivity contribution in [2.75, 3.05) is 13.1 Å². The van der Waals surface area contributed by atoms with E-state index in [2.05, 4.69) is 26.9 Å². The minimum atomic E-state index is -4.45. The third-order valence-electron chi connectivity index (χ3n) is 4.74. The van der Waals surface area contributed by atoms with Gasteiger partial charge >= 0.3 is 6.18 Å². The molecule has 3 aliphatic heterocycles. The number of hydrogen-bond acceptors (Lipinski definition) is 6. The molecule has 0 radical (unpaired) electrons. The predicted molar refractivity (Wildman–Crippen MR) is 91.2 cm³/mol. The highest BCUT2D eigenvalue weighted by molar-refractivity contribution is 5.84. The molecule has 1 aromatic rings. The number of hydrazine groups is 2. The number of carbonyl (C=O) groups excluding carboxylic acids is 1. The van der Waals surface area contributed by atoms with Crippen molar-refractivity contribution in [3.05, 3.63) is 59.4 Å². The van der Waals surface area contributed by atoms with Crippen LogP contribution in [0.25, 0.3) is 0 Å². The zero-order valence-electron chi connectivity index (χ0n) is 14.2. The fourth-order valence-corrected chi connectivity index (χ4v) is 3.45. The molecule has 0 saturated carbocycles. The van der Waals surface area contributed by atoms with Gasteiger partial charge in [-0.1, -0.05) is 30.4 Å². The van der Waals surface area contributed by atoms with E-state index in [0.717, 1.165) is 6.07 Å². The second-order valence-corrected chi connectivity index (χ2v) is 6.51. The summed E-state index contributed by atoms with van der Waals surface area (Å²) in [6.45, 7) is 0.875. The zero-order chi connectivity index (χ0) is 19.0. The van der Waals surface area contributed by atoms with Gasteiger partial charge in [-0.05, 0) is 11.6 Å². The van der Waals surface area contributed by atoms with Crippen molar-refractivity contribution >= 4 is 5.91 Å². The summed E-state index contributed by atoms with van der Waals surface area (Å²) in [4.78, 5) is 12.6. The van der Waals surface area contributed by atoms with E-state index in [4.69, 9.17) is 0 Å². The average Bonchev–Trinajstić information content (AvgIpc) is 3.29. The molecule has 0 aliphatic carbocycles. The lowest BCUT2D eigenvalue weighted by Gasteiger charge is -2.35. The minimum absolute atomic E-state index is 0.123. The second-order valence-electron chi connectivity index (χ2n) is 6.51. The fraction of sp³-hybridized carbons (Fsp3) is 0.353. The van der Waals surface area contributed by atoms with Gasteiger partial charge in [0.05, 0.1) is 30.0 Å². The van der Waals surface area contributed by atoms with E-state index in [1.54, 1.807) is 29.4 Å². The summed E-state index contributed by atoms with van der Waals surface area (Å²) in [5.74, 6) is -0.229. The number of benzene rings is 1. The Hall–Kier alpha value is -2.40. The predicted octanol–water partition coefficient (Wildman–Crippen LogP) is 0.486. The molecule has 0 aromatic heterocycles. The molecule has 1 saturated heterocycles. The van der Waals surface area contributed by atoms with Crippen LogP contribution in [0.4, 0.5) is 13.2 Å². The molecule has 7 nitrogen and oxygen atoms in total. The van der Waals surface area contributed by atoms with Gasteiger partial charge in [0.15, 0.2) is 0 Å². The second kappa shape index (κ2) is 6.97. The van der Waals surface area contributed by atoms with Crippen molar-refractivity contribution in [1.29, 1.82) is 0 Å². The molecule has 1 fully saturated rings. The monoisotopic (exact) mass is 380 g/mol. The number of amides is 1. The van der Waals surface area contributed by atoms with Crippen LogP contribution in [0.15, 0.2) is 48.3 Å². The van der Waals surface area contributed by atoms with Crippen LogP contribution in [0.1, 0.15) is 17.2 Å². The molecule has 0 bridgehead atoms. The Kier molecular flexibility index (Phi) is 4.64. The quantitative estimate of drug-likeness (QED) is 0.491. The molecular weight excluding hydrogens is 361 g/mol. The van der Waals surface area contributed by atoms with Crippen LogP contribution in [0.2, 0.25) is 0 Å². The van der Waals surface area contributed by atoms with Crippen LogP contribution in [0.3, 0.4) is 0 Å². The zero-order valence-corrected chi connectivity index (χ0v) is 14.2. The maximum Gasteiger partial charge on any atom is 0.416 e. The van der Waals surface area contributed by atoms with Crippen LogP contribution < -0.4 is 26.9 Å². The number of halogens is 3. The Labute approximate surface area is 153 Å². The summed E-state index contributed by atoms with van der Waals surface area (Å²) >= 11 is 0. The molecule has 3 unspecified atom stereocenters. The lowest BCUT2D eigenvalue weighted by Crippen LogP contribution is -2.55. The average molecular weight is 380 g/mol. The van der Waals surface area contributed by atoms with Crippen molar-refractivity contribution in [3.63, 3.8) is 0 Å². The topological polar surface area (TPSA) is 80.5 Å². The first-order valence-electron chi connectivity index (χ1n) is 8.54. The number of carbonyl (C=O) groups is 1. The third kappa shape index (κ3) is 3.56. The summed E-state index contributed by atoms with van der Waals surface area (Å²) in [5, 5.41) is 7.66. The first kappa shape index (κ1) is 18.0. The minimum Gasteiger partial charge on any atom is -0.327 e. The summed E-state index contributed by atoms with van der Waals surface area (Å²) in [6, 6.07) is 4.23. The Morgan fingerprint density at radius 2 is 2.04 bits per heavy atom. The number of alkyl halides is 3. The van der Waals surface area contributed by atoms with Crippen molar-refractivity contribution in [2.45, 2.75) is 24.4 Å².